The zero-order valence-corrected chi connectivity index (χ0v) is 10.3. The van der Waals surface area contributed by atoms with E-state index >= 15 is 0 Å². The van der Waals surface area contributed by atoms with E-state index in [0.717, 1.165) is 0 Å². The molecule has 1 aromatic heterocycles. The van der Waals surface area contributed by atoms with Gasteiger partial charge in [-0.25, -0.2) is 14.4 Å². The minimum Gasteiger partial charge on any atom is -0.383 e. The summed E-state index contributed by atoms with van der Waals surface area (Å²) in [5, 5.41) is 7.93. The van der Waals surface area contributed by atoms with E-state index in [4.69, 9.17) is 11.1 Å². The van der Waals surface area contributed by atoms with Crippen LogP contribution in [0.15, 0.2) is 18.1 Å². The topological polar surface area (TPSA) is 75.7 Å². The van der Waals surface area contributed by atoms with Gasteiger partial charge in [0.2, 0.25) is 0 Å². The number of aromatic nitrogens is 2. The first kappa shape index (κ1) is 13.3. The van der Waals surface area contributed by atoms with Crippen LogP contribution in [-0.2, 0) is 6.42 Å². The number of nitrogens with two attached hydrogens (primary N) is 1. The van der Waals surface area contributed by atoms with Crippen LogP contribution in [0.3, 0.4) is 0 Å². The number of halogens is 1. The molecular formula is C12H17FN4. The van der Waals surface area contributed by atoms with Gasteiger partial charge in [-0.3, -0.25) is 0 Å². The van der Waals surface area contributed by atoms with Gasteiger partial charge in [-0.05, 0) is 13.0 Å². The molecule has 0 aliphatic rings. The number of nitrogen functional groups attached to an aromatic ring is 1. The Morgan fingerprint density at radius 2 is 2.29 bits per heavy atom. The SMILES string of the molecule is CCc1ncc(C(=N)C(C)/C=C(\C)F)c(N)n1. The van der Waals surface area contributed by atoms with Crippen molar-refractivity contribution in [3.8, 4) is 0 Å². The highest BCUT2D eigenvalue weighted by atomic mass is 19.1. The predicted molar refractivity (Wildman–Crippen MR) is 66.7 cm³/mol. The van der Waals surface area contributed by atoms with Crippen molar-refractivity contribution in [3.05, 3.63) is 29.5 Å². The Kier molecular flexibility index (Phi) is 4.31. The van der Waals surface area contributed by atoms with Crippen LogP contribution in [0.25, 0.3) is 0 Å². The van der Waals surface area contributed by atoms with Crippen LogP contribution in [0.1, 0.15) is 32.2 Å². The summed E-state index contributed by atoms with van der Waals surface area (Å²) in [6.07, 6.45) is 3.59. The van der Waals surface area contributed by atoms with Crippen LogP contribution in [0.5, 0.6) is 0 Å². The number of allylic oxidation sites excluding steroid dienone is 2. The smallest absolute Gasteiger partial charge is 0.136 e. The Hall–Kier alpha value is -1.78. The molecule has 1 atom stereocenters. The second-order valence-corrected chi connectivity index (χ2v) is 3.89. The molecular weight excluding hydrogens is 219 g/mol. The highest BCUT2D eigenvalue weighted by molar-refractivity contribution is 6.03. The van der Waals surface area contributed by atoms with Crippen molar-refractivity contribution in [1.29, 1.82) is 5.41 Å². The van der Waals surface area contributed by atoms with Crippen LogP contribution in [-0.4, -0.2) is 15.7 Å². The lowest BCUT2D eigenvalue weighted by molar-refractivity contribution is 0.629. The Bertz CT molecular complexity index is 450. The number of rotatable bonds is 4. The number of hydrogen-bond acceptors (Lipinski definition) is 4. The van der Waals surface area contributed by atoms with Crippen molar-refractivity contribution >= 4 is 11.5 Å². The predicted octanol–water partition coefficient (Wildman–Crippen LogP) is 2.50. The summed E-state index contributed by atoms with van der Waals surface area (Å²) < 4.78 is 12.7. The van der Waals surface area contributed by atoms with Gasteiger partial charge in [0.25, 0.3) is 0 Å². The summed E-state index contributed by atoms with van der Waals surface area (Å²) in [6.45, 7) is 5.01. The summed E-state index contributed by atoms with van der Waals surface area (Å²) in [6, 6.07) is 0. The molecule has 17 heavy (non-hydrogen) atoms. The summed E-state index contributed by atoms with van der Waals surface area (Å²) in [4.78, 5) is 8.18. The molecule has 4 nitrogen and oxygen atoms in total. The van der Waals surface area contributed by atoms with E-state index in [1.165, 1.54) is 19.2 Å². The molecule has 0 aromatic carbocycles. The molecule has 3 N–H and O–H groups in total. The zero-order valence-electron chi connectivity index (χ0n) is 10.3. The zero-order chi connectivity index (χ0) is 13.0. The van der Waals surface area contributed by atoms with E-state index in [1.54, 1.807) is 6.92 Å². The van der Waals surface area contributed by atoms with E-state index in [0.29, 0.717) is 17.8 Å². The first-order valence-corrected chi connectivity index (χ1v) is 5.49. The molecule has 1 rings (SSSR count). The average molecular weight is 236 g/mol. The summed E-state index contributed by atoms with van der Waals surface area (Å²) in [7, 11) is 0. The van der Waals surface area contributed by atoms with Gasteiger partial charge in [-0.1, -0.05) is 13.8 Å². The van der Waals surface area contributed by atoms with Crippen LogP contribution in [0, 0.1) is 11.3 Å². The summed E-state index contributed by atoms with van der Waals surface area (Å²) >= 11 is 0. The van der Waals surface area contributed by atoms with E-state index in [-0.39, 0.29) is 23.3 Å². The van der Waals surface area contributed by atoms with Crippen LogP contribution in [0.2, 0.25) is 0 Å². The van der Waals surface area contributed by atoms with E-state index in [9.17, 15) is 4.39 Å². The lowest BCUT2D eigenvalue weighted by atomic mass is 9.99. The Morgan fingerprint density at radius 3 is 2.76 bits per heavy atom. The van der Waals surface area contributed by atoms with Crippen LogP contribution < -0.4 is 5.73 Å². The molecule has 0 fully saturated rings. The van der Waals surface area contributed by atoms with Gasteiger partial charge in [-0.15, -0.1) is 0 Å². The third-order valence-electron chi connectivity index (χ3n) is 2.41. The van der Waals surface area contributed by atoms with Gasteiger partial charge < -0.3 is 11.1 Å². The van der Waals surface area contributed by atoms with Crippen LogP contribution in [0.4, 0.5) is 10.2 Å². The molecule has 5 heteroatoms. The van der Waals surface area contributed by atoms with Gasteiger partial charge in [-0.2, -0.15) is 0 Å². The van der Waals surface area contributed by atoms with Crippen molar-refractivity contribution < 1.29 is 4.39 Å². The highest BCUT2D eigenvalue weighted by Gasteiger charge is 2.14. The quantitative estimate of drug-likeness (QED) is 0.788. The second-order valence-electron chi connectivity index (χ2n) is 3.89. The molecule has 0 spiro atoms. The molecule has 1 aromatic rings. The van der Waals surface area contributed by atoms with Crippen molar-refractivity contribution in [1.82, 2.24) is 9.97 Å². The van der Waals surface area contributed by atoms with Gasteiger partial charge >= 0.3 is 0 Å². The van der Waals surface area contributed by atoms with Crippen molar-refractivity contribution in [3.63, 3.8) is 0 Å². The Labute approximate surface area is 100 Å². The Morgan fingerprint density at radius 1 is 1.65 bits per heavy atom. The molecule has 92 valence electrons. The fraction of sp³-hybridized carbons (Fsp3) is 0.417. The number of nitrogens with one attached hydrogen (secondary N) is 1. The van der Waals surface area contributed by atoms with Gasteiger partial charge in [0, 0.05) is 18.5 Å². The Balaban J connectivity index is 3.01. The van der Waals surface area contributed by atoms with Crippen molar-refractivity contribution in [2.24, 2.45) is 5.92 Å². The normalized spacial score (nSPS) is 13.5. The van der Waals surface area contributed by atoms with Gasteiger partial charge in [0.05, 0.1) is 17.1 Å². The molecule has 0 aliphatic heterocycles. The third-order valence-corrected chi connectivity index (χ3v) is 2.41. The summed E-state index contributed by atoms with van der Waals surface area (Å²) in [5.74, 6) is 0.257. The molecule has 0 amide bonds. The number of anilines is 1. The number of aryl methyl sites for hydroxylation is 1. The third kappa shape index (κ3) is 3.34. The highest BCUT2D eigenvalue weighted by Crippen LogP contribution is 2.16. The largest absolute Gasteiger partial charge is 0.383 e. The van der Waals surface area contributed by atoms with E-state index in [2.05, 4.69) is 9.97 Å². The molecule has 0 bridgehead atoms. The molecule has 0 saturated heterocycles. The fourth-order valence-corrected chi connectivity index (χ4v) is 1.48. The fourth-order valence-electron chi connectivity index (χ4n) is 1.48. The minimum atomic E-state index is -0.349. The first-order chi connectivity index (χ1) is 7.95. The average Bonchev–Trinajstić information content (AvgIpc) is 2.27. The van der Waals surface area contributed by atoms with Crippen LogP contribution >= 0.6 is 0 Å². The lowest BCUT2D eigenvalue weighted by Gasteiger charge is -2.11. The first-order valence-electron chi connectivity index (χ1n) is 5.49. The maximum absolute atomic E-state index is 12.7. The minimum absolute atomic E-state index is 0.224. The van der Waals surface area contributed by atoms with Gasteiger partial charge in [0.15, 0.2) is 0 Å². The van der Waals surface area contributed by atoms with Crippen molar-refractivity contribution in [2.45, 2.75) is 27.2 Å². The standard InChI is InChI=1S/C12H17FN4/c1-4-10-16-6-9(12(15)17-10)11(14)7(2)5-8(3)13/h5-7,14H,4H2,1-3H3,(H2,15,16,17)/b8-5+,14-11?. The molecule has 0 aliphatic carbocycles. The maximum atomic E-state index is 12.7. The van der Waals surface area contributed by atoms with E-state index < -0.39 is 0 Å². The molecule has 0 radical (unpaired) electrons. The molecule has 1 heterocycles. The van der Waals surface area contributed by atoms with E-state index in [1.807, 2.05) is 6.92 Å². The number of nitrogens with zero attached hydrogens (tertiary/aromatic N) is 2. The van der Waals surface area contributed by atoms with Crippen molar-refractivity contribution in [2.75, 3.05) is 5.73 Å². The van der Waals surface area contributed by atoms with Gasteiger partial charge in [0.1, 0.15) is 11.6 Å². The maximum Gasteiger partial charge on any atom is 0.136 e. The molecule has 1 unspecified atom stereocenters. The lowest BCUT2D eigenvalue weighted by Crippen LogP contribution is -2.14. The molecule has 0 saturated carbocycles. The monoisotopic (exact) mass is 236 g/mol. The summed E-state index contributed by atoms with van der Waals surface area (Å²) in [5.41, 5.74) is 6.45. The number of hydrogen-bond donors (Lipinski definition) is 2. The second kappa shape index (κ2) is 5.52.